The Morgan fingerprint density at radius 2 is 1.84 bits per heavy atom. The van der Waals surface area contributed by atoms with Crippen molar-refractivity contribution in [2.75, 3.05) is 0 Å². The predicted octanol–water partition coefficient (Wildman–Crippen LogP) is 4.26. The fourth-order valence-electron chi connectivity index (χ4n) is 1.87. The number of hydrogen-bond acceptors (Lipinski definition) is 2. The predicted molar refractivity (Wildman–Crippen MR) is 76.7 cm³/mol. The van der Waals surface area contributed by atoms with E-state index < -0.39 is 5.24 Å². The molecule has 0 bridgehead atoms. The van der Waals surface area contributed by atoms with Gasteiger partial charge in [-0.05, 0) is 41.9 Å². The summed E-state index contributed by atoms with van der Waals surface area (Å²) in [5, 5.41) is 0.177. The quantitative estimate of drug-likeness (QED) is 0.717. The van der Waals surface area contributed by atoms with Crippen LogP contribution >= 0.6 is 23.2 Å². The van der Waals surface area contributed by atoms with Crippen LogP contribution in [-0.2, 0) is 0 Å². The number of nitrogens with one attached hydrogen (secondary N) is 1. The molecule has 1 aromatic heterocycles. The van der Waals surface area contributed by atoms with Gasteiger partial charge in [0, 0.05) is 16.1 Å². The molecule has 0 unspecified atom stereocenters. The second-order valence-electron chi connectivity index (χ2n) is 4.10. The van der Waals surface area contributed by atoms with Gasteiger partial charge in [0.1, 0.15) is 5.82 Å². The van der Waals surface area contributed by atoms with Crippen molar-refractivity contribution >= 4 is 39.5 Å². The first kappa shape index (κ1) is 12.2. The maximum absolute atomic E-state index is 11.0. The number of halogens is 2. The third-order valence-corrected chi connectivity index (χ3v) is 3.28. The highest BCUT2D eigenvalue weighted by atomic mass is 35.5. The smallest absolute Gasteiger partial charge is 0.252 e. The van der Waals surface area contributed by atoms with Crippen molar-refractivity contribution in [1.29, 1.82) is 0 Å². The Labute approximate surface area is 119 Å². The van der Waals surface area contributed by atoms with E-state index in [1.807, 2.05) is 6.07 Å². The number of carbonyl (C=O) groups is 1. The zero-order chi connectivity index (χ0) is 13.4. The molecule has 0 spiro atoms. The molecule has 0 aliphatic rings. The van der Waals surface area contributed by atoms with Crippen LogP contribution in [0.4, 0.5) is 0 Å². The summed E-state index contributed by atoms with van der Waals surface area (Å²) in [6.45, 7) is 0. The first-order valence-corrected chi connectivity index (χ1v) is 6.34. The number of aromatic nitrogens is 2. The molecule has 0 aliphatic carbocycles. The molecule has 0 amide bonds. The van der Waals surface area contributed by atoms with Gasteiger partial charge in [-0.2, -0.15) is 0 Å². The minimum Gasteiger partial charge on any atom is -0.338 e. The van der Waals surface area contributed by atoms with Gasteiger partial charge in [0.25, 0.3) is 5.24 Å². The molecular formula is C14H8Cl2N2O. The van der Waals surface area contributed by atoms with Crippen LogP contribution in [0.1, 0.15) is 10.4 Å². The number of benzene rings is 2. The lowest BCUT2D eigenvalue weighted by atomic mass is 10.1. The van der Waals surface area contributed by atoms with Gasteiger partial charge in [-0.25, -0.2) is 4.98 Å². The normalized spacial score (nSPS) is 10.8. The van der Waals surface area contributed by atoms with Crippen molar-refractivity contribution < 1.29 is 4.79 Å². The average molecular weight is 291 g/mol. The van der Waals surface area contributed by atoms with Crippen molar-refractivity contribution in [3.05, 3.63) is 53.1 Å². The van der Waals surface area contributed by atoms with E-state index in [0.29, 0.717) is 10.6 Å². The Bertz CT molecular complexity index is 763. The lowest BCUT2D eigenvalue weighted by Gasteiger charge is -1.97. The van der Waals surface area contributed by atoms with Gasteiger partial charge in [0.2, 0.25) is 0 Å². The fourth-order valence-corrected chi connectivity index (χ4v) is 2.17. The molecule has 0 aliphatic heterocycles. The molecule has 0 fully saturated rings. The summed E-state index contributed by atoms with van der Waals surface area (Å²) in [5.74, 6) is 0.728. The summed E-state index contributed by atoms with van der Waals surface area (Å²) in [6.07, 6.45) is 0. The third-order valence-electron chi connectivity index (χ3n) is 2.83. The molecular weight excluding hydrogens is 283 g/mol. The number of carbonyl (C=O) groups excluding carboxylic acids is 1. The lowest BCUT2D eigenvalue weighted by molar-refractivity contribution is 0.108. The van der Waals surface area contributed by atoms with E-state index >= 15 is 0 Å². The van der Waals surface area contributed by atoms with Gasteiger partial charge in [-0.15, -0.1) is 0 Å². The molecule has 19 heavy (non-hydrogen) atoms. The summed E-state index contributed by atoms with van der Waals surface area (Å²) in [6, 6.07) is 12.4. The van der Waals surface area contributed by atoms with Crippen LogP contribution in [0.15, 0.2) is 42.5 Å². The van der Waals surface area contributed by atoms with Gasteiger partial charge in [-0.1, -0.05) is 23.7 Å². The van der Waals surface area contributed by atoms with E-state index in [2.05, 4.69) is 9.97 Å². The number of hydrogen-bond donors (Lipinski definition) is 1. The highest BCUT2D eigenvalue weighted by molar-refractivity contribution is 6.67. The van der Waals surface area contributed by atoms with Crippen LogP contribution in [0.25, 0.3) is 22.4 Å². The van der Waals surface area contributed by atoms with Crippen molar-refractivity contribution in [2.45, 2.75) is 0 Å². The molecule has 0 saturated carbocycles. The number of nitrogens with zero attached hydrogens (tertiary/aromatic N) is 1. The van der Waals surface area contributed by atoms with Crippen LogP contribution < -0.4 is 0 Å². The van der Waals surface area contributed by atoms with Gasteiger partial charge in [-0.3, -0.25) is 4.79 Å². The zero-order valence-electron chi connectivity index (χ0n) is 9.65. The van der Waals surface area contributed by atoms with Crippen molar-refractivity contribution in [2.24, 2.45) is 0 Å². The molecule has 0 atom stereocenters. The standard InChI is InChI=1S/C14H8Cl2N2O/c15-10-5-6-11-12(7-10)18-14(17-11)9-3-1-8(2-4-9)13(16)19/h1-7H,(H,17,18). The molecule has 0 saturated heterocycles. The van der Waals surface area contributed by atoms with E-state index in [1.54, 1.807) is 36.4 Å². The van der Waals surface area contributed by atoms with E-state index in [9.17, 15) is 4.79 Å². The summed E-state index contributed by atoms with van der Waals surface area (Å²) < 4.78 is 0. The fraction of sp³-hybridized carbons (Fsp3) is 0. The second kappa shape index (κ2) is 4.68. The minimum atomic E-state index is -0.470. The molecule has 2 aromatic carbocycles. The highest BCUT2D eigenvalue weighted by Gasteiger charge is 2.07. The number of H-pyrrole nitrogens is 1. The first-order valence-electron chi connectivity index (χ1n) is 5.59. The van der Waals surface area contributed by atoms with E-state index in [0.717, 1.165) is 22.4 Å². The maximum Gasteiger partial charge on any atom is 0.252 e. The Balaban J connectivity index is 2.06. The van der Waals surface area contributed by atoms with Crippen LogP contribution in [0.3, 0.4) is 0 Å². The Hall–Kier alpha value is -1.84. The van der Waals surface area contributed by atoms with Crippen LogP contribution in [-0.4, -0.2) is 15.2 Å². The molecule has 1 N–H and O–H groups in total. The van der Waals surface area contributed by atoms with E-state index in [-0.39, 0.29) is 0 Å². The SMILES string of the molecule is O=C(Cl)c1ccc(-c2nc3cc(Cl)ccc3[nH]2)cc1. The van der Waals surface area contributed by atoms with Crippen molar-refractivity contribution in [1.82, 2.24) is 9.97 Å². The Morgan fingerprint density at radius 1 is 1.11 bits per heavy atom. The van der Waals surface area contributed by atoms with Crippen molar-refractivity contribution in [3.8, 4) is 11.4 Å². The third kappa shape index (κ3) is 2.35. The lowest BCUT2D eigenvalue weighted by Crippen LogP contribution is -1.88. The minimum absolute atomic E-state index is 0.463. The Kier molecular flexibility index (Phi) is 3.01. The largest absolute Gasteiger partial charge is 0.338 e. The zero-order valence-corrected chi connectivity index (χ0v) is 11.2. The molecule has 94 valence electrons. The highest BCUT2D eigenvalue weighted by Crippen LogP contribution is 2.23. The average Bonchev–Trinajstić information content (AvgIpc) is 2.81. The molecule has 3 nitrogen and oxygen atoms in total. The van der Waals surface area contributed by atoms with Crippen LogP contribution in [0, 0.1) is 0 Å². The van der Waals surface area contributed by atoms with Gasteiger partial charge in [0.05, 0.1) is 11.0 Å². The second-order valence-corrected chi connectivity index (χ2v) is 4.88. The topological polar surface area (TPSA) is 45.8 Å². The van der Waals surface area contributed by atoms with Crippen LogP contribution in [0.2, 0.25) is 5.02 Å². The summed E-state index contributed by atoms with van der Waals surface area (Å²) >= 11 is 11.3. The molecule has 3 aromatic rings. The summed E-state index contributed by atoms with van der Waals surface area (Å²) in [4.78, 5) is 18.7. The van der Waals surface area contributed by atoms with E-state index in [4.69, 9.17) is 23.2 Å². The summed E-state index contributed by atoms with van der Waals surface area (Å²) in [5.41, 5.74) is 3.07. The van der Waals surface area contributed by atoms with Gasteiger partial charge in [0.15, 0.2) is 0 Å². The number of fused-ring (bicyclic) bond motifs is 1. The Morgan fingerprint density at radius 3 is 2.53 bits per heavy atom. The number of rotatable bonds is 2. The van der Waals surface area contributed by atoms with E-state index in [1.165, 1.54) is 0 Å². The molecule has 3 rings (SSSR count). The first-order chi connectivity index (χ1) is 9.13. The van der Waals surface area contributed by atoms with Crippen LogP contribution in [0.5, 0.6) is 0 Å². The molecule has 1 heterocycles. The monoisotopic (exact) mass is 290 g/mol. The van der Waals surface area contributed by atoms with Gasteiger partial charge < -0.3 is 4.98 Å². The summed E-state index contributed by atoms with van der Waals surface area (Å²) in [7, 11) is 0. The molecule has 5 heteroatoms. The number of aromatic amines is 1. The maximum atomic E-state index is 11.0. The van der Waals surface area contributed by atoms with Gasteiger partial charge >= 0.3 is 0 Å². The molecule has 0 radical (unpaired) electrons. The van der Waals surface area contributed by atoms with Crippen molar-refractivity contribution in [3.63, 3.8) is 0 Å². The number of imidazole rings is 1.